The summed E-state index contributed by atoms with van der Waals surface area (Å²) in [5.41, 5.74) is -0.435. The zero-order valence-electron chi connectivity index (χ0n) is 12.1. The first-order chi connectivity index (χ1) is 11.3. The Bertz CT molecular complexity index is 745. The van der Waals surface area contributed by atoms with Gasteiger partial charge in [-0.25, -0.2) is 4.79 Å². The van der Waals surface area contributed by atoms with Gasteiger partial charge >= 0.3 is 12.1 Å². The molecule has 2 aromatic rings. The lowest BCUT2D eigenvalue weighted by molar-refractivity contribution is -0.137. The monoisotopic (exact) mass is 401 g/mol. The molecule has 8 heteroatoms. The SMILES string of the molecule is O=C(COC(=O)c1ccc(C(F)(F)F)cc1)Nc1ccccc1Br. The van der Waals surface area contributed by atoms with Crippen LogP contribution in [0.15, 0.2) is 53.0 Å². The van der Waals surface area contributed by atoms with Crippen LogP contribution in [0.1, 0.15) is 15.9 Å². The predicted molar refractivity (Wildman–Crippen MR) is 84.5 cm³/mol. The standard InChI is InChI=1S/C16H11BrF3NO3/c17-12-3-1-2-4-13(12)21-14(22)9-24-15(23)10-5-7-11(8-6-10)16(18,19)20/h1-8H,9H2,(H,21,22). The Kier molecular flexibility index (Phi) is 5.61. The van der Waals surface area contributed by atoms with E-state index in [9.17, 15) is 22.8 Å². The van der Waals surface area contributed by atoms with Crippen molar-refractivity contribution in [3.8, 4) is 0 Å². The second-order valence-corrected chi connectivity index (χ2v) is 5.53. The number of carbonyl (C=O) groups is 2. The zero-order chi connectivity index (χ0) is 17.7. The summed E-state index contributed by atoms with van der Waals surface area (Å²) in [6.45, 7) is -0.554. The summed E-state index contributed by atoms with van der Waals surface area (Å²) in [7, 11) is 0. The summed E-state index contributed by atoms with van der Waals surface area (Å²) < 4.78 is 42.8. The van der Waals surface area contributed by atoms with Gasteiger partial charge in [0, 0.05) is 4.47 Å². The van der Waals surface area contributed by atoms with Gasteiger partial charge in [-0.05, 0) is 52.3 Å². The van der Waals surface area contributed by atoms with Crippen LogP contribution < -0.4 is 5.32 Å². The number of nitrogens with one attached hydrogen (secondary N) is 1. The third kappa shape index (κ3) is 4.82. The first-order valence-corrected chi connectivity index (χ1v) is 7.45. The molecule has 0 radical (unpaired) electrons. The van der Waals surface area contributed by atoms with Crippen LogP contribution in [0.5, 0.6) is 0 Å². The Hall–Kier alpha value is -2.35. The van der Waals surface area contributed by atoms with Gasteiger partial charge < -0.3 is 10.1 Å². The molecule has 0 atom stereocenters. The number of alkyl halides is 3. The highest BCUT2D eigenvalue weighted by atomic mass is 79.9. The molecule has 0 unspecified atom stereocenters. The number of ether oxygens (including phenoxy) is 1. The Balaban J connectivity index is 1.91. The van der Waals surface area contributed by atoms with E-state index in [2.05, 4.69) is 21.2 Å². The largest absolute Gasteiger partial charge is 0.452 e. The van der Waals surface area contributed by atoms with E-state index in [1.165, 1.54) is 0 Å². The smallest absolute Gasteiger partial charge is 0.416 e. The Labute approximate surface area is 143 Å². The van der Waals surface area contributed by atoms with Crippen LogP contribution in [-0.4, -0.2) is 18.5 Å². The molecule has 0 saturated heterocycles. The van der Waals surface area contributed by atoms with E-state index in [1.807, 2.05) is 0 Å². The number of halogens is 4. The Morgan fingerprint density at radius 1 is 1.04 bits per heavy atom. The molecule has 1 N–H and O–H groups in total. The van der Waals surface area contributed by atoms with Crippen molar-refractivity contribution < 1.29 is 27.5 Å². The van der Waals surface area contributed by atoms with Crippen LogP contribution >= 0.6 is 15.9 Å². The van der Waals surface area contributed by atoms with Crippen molar-refractivity contribution in [1.29, 1.82) is 0 Å². The fourth-order valence-electron chi connectivity index (χ4n) is 1.76. The molecule has 0 bridgehead atoms. The zero-order valence-corrected chi connectivity index (χ0v) is 13.6. The highest BCUT2D eigenvalue weighted by Crippen LogP contribution is 2.29. The molecule has 2 rings (SSSR count). The van der Waals surface area contributed by atoms with Crippen molar-refractivity contribution in [2.24, 2.45) is 0 Å². The Morgan fingerprint density at radius 2 is 1.67 bits per heavy atom. The van der Waals surface area contributed by atoms with E-state index in [0.29, 0.717) is 10.2 Å². The van der Waals surface area contributed by atoms with E-state index < -0.39 is 30.2 Å². The van der Waals surface area contributed by atoms with Crippen LogP contribution in [0, 0.1) is 0 Å². The third-order valence-corrected chi connectivity index (χ3v) is 3.62. The second-order valence-electron chi connectivity index (χ2n) is 4.68. The van der Waals surface area contributed by atoms with Crippen molar-refractivity contribution in [3.63, 3.8) is 0 Å². The van der Waals surface area contributed by atoms with Crippen LogP contribution in [-0.2, 0) is 15.7 Å². The number of esters is 1. The van der Waals surface area contributed by atoms with Gasteiger partial charge in [-0.3, -0.25) is 4.79 Å². The van der Waals surface area contributed by atoms with Crippen molar-refractivity contribution in [3.05, 3.63) is 64.1 Å². The van der Waals surface area contributed by atoms with Gasteiger partial charge in [0.1, 0.15) is 0 Å². The summed E-state index contributed by atoms with van der Waals surface area (Å²) in [5.74, 6) is -1.45. The Morgan fingerprint density at radius 3 is 2.25 bits per heavy atom. The van der Waals surface area contributed by atoms with Crippen molar-refractivity contribution in [1.82, 2.24) is 0 Å². The van der Waals surface area contributed by atoms with Gasteiger partial charge in [-0.2, -0.15) is 13.2 Å². The minimum Gasteiger partial charge on any atom is -0.452 e. The number of amides is 1. The maximum Gasteiger partial charge on any atom is 0.416 e. The van der Waals surface area contributed by atoms with E-state index in [-0.39, 0.29) is 5.56 Å². The molecule has 0 heterocycles. The van der Waals surface area contributed by atoms with E-state index in [4.69, 9.17) is 4.74 Å². The highest BCUT2D eigenvalue weighted by molar-refractivity contribution is 9.10. The molecular weight excluding hydrogens is 391 g/mol. The molecule has 2 aromatic carbocycles. The third-order valence-electron chi connectivity index (χ3n) is 2.93. The van der Waals surface area contributed by atoms with Gasteiger partial charge in [0.15, 0.2) is 6.61 Å². The van der Waals surface area contributed by atoms with Crippen LogP contribution in [0.4, 0.5) is 18.9 Å². The molecule has 0 aliphatic rings. The summed E-state index contributed by atoms with van der Waals surface area (Å²) in [6, 6.07) is 10.4. The van der Waals surface area contributed by atoms with Gasteiger partial charge in [0.25, 0.3) is 5.91 Å². The second kappa shape index (κ2) is 7.48. The van der Waals surface area contributed by atoms with Gasteiger partial charge in [-0.1, -0.05) is 12.1 Å². The van der Waals surface area contributed by atoms with E-state index in [1.54, 1.807) is 24.3 Å². The topological polar surface area (TPSA) is 55.4 Å². The van der Waals surface area contributed by atoms with E-state index >= 15 is 0 Å². The summed E-state index contributed by atoms with van der Waals surface area (Å²) >= 11 is 3.25. The minimum absolute atomic E-state index is 0.0725. The average Bonchev–Trinajstić information content (AvgIpc) is 2.54. The first-order valence-electron chi connectivity index (χ1n) is 6.66. The van der Waals surface area contributed by atoms with Gasteiger partial charge in [0.05, 0.1) is 16.8 Å². The van der Waals surface area contributed by atoms with E-state index in [0.717, 1.165) is 24.3 Å². The normalized spacial score (nSPS) is 11.0. The van der Waals surface area contributed by atoms with Crippen LogP contribution in [0.2, 0.25) is 0 Å². The first kappa shape index (κ1) is 18.0. The summed E-state index contributed by atoms with van der Waals surface area (Å²) in [5, 5.41) is 2.53. The summed E-state index contributed by atoms with van der Waals surface area (Å²) in [6.07, 6.45) is -4.48. The molecule has 0 fully saturated rings. The fourth-order valence-corrected chi connectivity index (χ4v) is 2.14. The van der Waals surface area contributed by atoms with Crippen LogP contribution in [0.25, 0.3) is 0 Å². The predicted octanol–water partition coefficient (Wildman–Crippen LogP) is 4.26. The molecular formula is C16H11BrF3NO3. The number of para-hydroxylation sites is 1. The average molecular weight is 402 g/mol. The van der Waals surface area contributed by atoms with Gasteiger partial charge in [0.2, 0.25) is 0 Å². The summed E-state index contributed by atoms with van der Waals surface area (Å²) in [4.78, 5) is 23.5. The lowest BCUT2D eigenvalue weighted by Crippen LogP contribution is -2.21. The molecule has 126 valence electrons. The number of rotatable bonds is 4. The number of hydrogen-bond donors (Lipinski definition) is 1. The quantitative estimate of drug-likeness (QED) is 0.778. The lowest BCUT2D eigenvalue weighted by Gasteiger charge is -2.09. The molecule has 0 saturated carbocycles. The van der Waals surface area contributed by atoms with Gasteiger partial charge in [-0.15, -0.1) is 0 Å². The van der Waals surface area contributed by atoms with Crippen molar-refractivity contribution in [2.45, 2.75) is 6.18 Å². The van der Waals surface area contributed by atoms with Crippen LogP contribution in [0.3, 0.4) is 0 Å². The van der Waals surface area contributed by atoms with Crippen molar-refractivity contribution in [2.75, 3.05) is 11.9 Å². The maximum absolute atomic E-state index is 12.4. The number of hydrogen-bond acceptors (Lipinski definition) is 3. The number of anilines is 1. The molecule has 24 heavy (non-hydrogen) atoms. The highest BCUT2D eigenvalue weighted by Gasteiger charge is 2.30. The maximum atomic E-state index is 12.4. The molecule has 0 aliphatic carbocycles. The molecule has 0 aliphatic heterocycles. The fraction of sp³-hybridized carbons (Fsp3) is 0.125. The number of carbonyl (C=O) groups excluding carboxylic acids is 2. The minimum atomic E-state index is -4.48. The molecule has 4 nitrogen and oxygen atoms in total. The van der Waals surface area contributed by atoms with Crippen molar-refractivity contribution >= 4 is 33.5 Å². The molecule has 0 aromatic heterocycles. The molecule has 1 amide bonds. The molecule has 0 spiro atoms. The number of benzene rings is 2. The lowest BCUT2D eigenvalue weighted by atomic mass is 10.1.